The molecule has 0 aromatic carbocycles. The highest BCUT2D eigenvalue weighted by Gasteiger charge is 2.33. The van der Waals surface area contributed by atoms with Crippen molar-refractivity contribution in [3.8, 4) is 0 Å². The van der Waals surface area contributed by atoms with Crippen LogP contribution in [0.1, 0.15) is 58.8 Å². The summed E-state index contributed by atoms with van der Waals surface area (Å²) >= 11 is 0. The van der Waals surface area contributed by atoms with Gasteiger partial charge in [-0.05, 0) is 31.6 Å². The average molecular weight is 508 g/mol. The highest BCUT2D eigenvalue weighted by Crippen LogP contribution is 2.28. The van der Waals surface area contributed by atoms with Crippen LogP contribution in [-0.2, 0) is 9.53 Å². The summed E-state index contributed by atoms with van der Waals surface area (Å²) in [6.07, 6.45) is 8.80. The summed E-state index contributed by atoms with van der Waals surface area (Å²) in [5.74, 6) is 2.20. The van der Waals surface area contributed by atoms with Gasteiger partial charge in [0, 0.05) is 46.3 Å². The number of unbranched alkanes of at least 4 members (excludes halogenated alkanes) is 1. The van der Waals surface area contributed by atoms with E-state index < -0.39 is 0 Å². The van der Waals surface area contributed by atoms with E-state index in [1.165, 1.54) is 32.1 Å². The predicted molar refractivity (Wildman–Crippen MR) is 126 cm³/mol. The molecule has 7 heteroatoms. The number of nitrogens with one attached hydrogen (secondary N) is 1. The summed E-state index contributed by atoms with van der Waals surface area (Å²) in [6, 6.07) is 0. The maximum absolute atomic E-state index is 12.0. The number of hydrogen-bond acceptors (Lipinski definition) is 3. The van der Waals surface area contributed by atoms with Crippen LogP contribution in [0.5, 0.6) is 0 Å². The lowest BCUT2D eigenvalue weighted by Crippen LogP contribution is -2.53. The van der Waals surface area contributed by atoms with E-state index in [0.29, 0.717) is 17.9 Å². The van der Waals surface area contributed by atoms with Crippen LogP contribution in [0, 0.1) is 11.8 Å². The molecule has 164 valence electrons. The number of nitrogens with zero attached hydrogens (tertiary/aromatic N) is 3. The molecule has 2 aliphatic heterocycles. The summed E-state index contributed by atoms with van der Waals surface area (Å²) in [5.41, 5.74) is 0. The summed E-state index contributed by atoms with van der Waals surface area (Å²) in [7, 11) is 3.57. The Hall–Kier alpha value is -0.570. The van der Waals surface area contributed by atoms with Gasteiger partial charge < -0.3 is 19.9 Å². The van der Waals surface area contributed by atoms with Gasteiger partial charge >= 0.3 is 0 Å². The summed E-state index contributed by atoms with van der Waals surface area (Å²) in [5, 5.41) is 3.60. The molecule has 3 atom stereocenters. The van der Waals surface area contributed by atoms with E-state index in [1.807, 2.05) is 0 Å². The second kappa shape index (κ2) is 13.6. The van der Waals surface area contributed by atoms with E-state index in [9.17, 15) is 4.79 Å². The van der Waals surface area contributed by atoms with Gasteiger partial charge in [0.25, 0.3) is 0 Å². The van der Waals surface area contributed by atoms with Crippen molar-refractivity contribution in [2.45, 2.75) is 64.9 Å². The van der Waals surface area contributed by atoms with Crippen molar-refractivity contribution in [1.29, 1.82) is 0 Å². The van der Waals surface area contributed by atoms with Crippen molar-refractivity contribution in [3.63, 3.8) is 0 Å². The van der Waals surface area contributed by atoms with E-state index in [2.05, 4.69) is 24.1 Å². The van der Waals surface area contributed by atoms with Crippen LogP contribution >= 0.6 is 24.0 Å². The van der Waals surface area contributed by atoms with E-state index in [1.54, 1.807) is 19.0 Å². The minimum absolute atomic E-state index is 0. The standard InChI is InChI=1S/C21H40N4O2.HI/c1-5-7-9-17(6-2)14-22-21(23-15-20(26)24(3)4)25-12-11-19-18(16-25)10-8-13-27-19;/h17-19H,5-16H2,1-4H3,(H,22,23);1H. The van der Waals surface area contributed by atoms with Gasteiger partial charge in [-0.1, -0.05) is 33.1 Å². The topological polar surface area (TPSA) is 57.2 Å². The smallest absolute Gasteiger partial charge is 0.243 e. The quantitative estimate of drug-likeness (QED) is 0.311. The Morgan fingerprint density at radius 1 is 1.32 bits per heavy atom. The lowest BCUT2D eigenvalue weighted by atomic mass is 9.88. The highest BCUT2D eigenvalue weighted by atomic mass is 127. The van der Waals surface area contributed by atoms with Crippen molar-refractivity contribution >= 4 is 35.8 Å². The van der Waals surface area contributed by atoms with Crippen LogP contribution in [0.15, 0.2) is 4.99 Å². The Morgan fingerprint density at radius 2 is 2.11 bits per heavy atom. The van der Waals surface area contributed by atoms with Crippen LogP contribution in [0.4, 0.5) is 0 Å². The zero-order valence-corrected chi connectivity index (χ0v) is 20.6. The molecule has 0 aromatic heterocycles. The highest BCUT2D eigenvalue weighted by molar-refractivity contribution is 14.0. The monoisotopic (exact) mass is 508 g/mol. The minimum atomic E-state index is 0. The molecular formula is C21H41IN4O2. The molecule has 0 aliphatic carbocycles. The zero-order valence-electron chi connectivity index (χ0n) is 18.3. The number of piperidine rings is 1. The number of rotatable bonds is 8. The van der Waals surface area contributed by atoms with E-state index in [4.69, 9.17) is 9.73 Å². The molecular weight excluding hydrogens is 467 g/mol. The van der Waals surface area contributed by atoms with Crippen LogP contribution in [0.25, 0.3) is 0 Å². The minimum Gasteiger partial charge on any atom is -0.378 e. The Kier molecular flexibility index (Phi) is 12.4. The van der Waals surface area contributed by atoms with Gasteiger partial charge in [-0.2, -0.15) is 0 Å². The third kappa shape index (κ3) is 8.05. The molecule has 2 fully saturated rings. The fourth-order valence-electron chi connectivity index (χ4n) is 4.01. The van der Waals surface area contributed by atoms with Gasteiger partial charge in [0.05, 0.1) is 6.10 Å². The number of hydrogen-bond donors (Lipinski definition) is 1. The number of ether oxygens (including phenoxy) is 1. The molecule has 2 rings (SSSR count). The number of carbonyl (C=O) groups excluding carboxylic acids is 1. The molecule has 0 saturated carbocycles. The first-order valence-electron chi connectivity index (χ1n) is 10.9. The van der Waals surface area contributed by atoms with Gasteiger partial charge in [-0.15, -0.1) is 24.0 Å². The van der Waals surface area contributed by atoms with Crippen molar-refractivity contribution in [2.75, 3.05) is 46.9 Å². The molecule has 0 spiro atoms. The maximum Gasteiger partial charge on any atom is 0.243 e. The number of likely N-dealkylation sites (tertiary alicyclic amines) is 1. The molecule has 1 N–H and O–H groups in total. The lowest BCUT2D eigenvalue weighted by Gasteiger charge is -2.42. The van der Waals surface area contributed by atoms with Crippen LogP contribution in [-0.4, -0.2) is 74.7 Å². The molecule has 1 amide bonds. The summed E-state index contributed by atoms with van der Waals surface area (Å²) in [6.45, 7) is 8.50. The van der Waals surface area contributed by atoms with Gasteiger partial charge in [0.2, 0.25) is 5.91 Å². The average Bonchev–Trinajstić information content (AvgIpc) is 2.69. The molecule has 0 radical (unpaired) electrons. The van der Waals surface area contributed by atoms with Gasteiger partial charge in [0.15, 0.2) is 5.96 Å². The summed E-state index contributed by atoms with van der Waals surface area (Å²) in [4.78, 5) is 20.7. The predicted octanol–water partition coefficient (Wildman–Crippen LogP) is 3.36. The number of likely N-dealkylation sites (N-methyl/N-ethyl adjacent to an activating group) is 1. The Balaban J connectivity index is 0.00000392. The van der Waals surface area contributed by atoms with E-state index in [-0.39, 0.29) is 36.4 Å². The SMILES string of the molecule is CCCCC(CC)CNC(=NCC(=O)N(C)C)N1CCC2OCCCC2C1.I. The van der Waals surface area contributed by atoms with Gasteiger partial charge in [-0.25, -0.2) is 4.99 Å². The van der Waals surface area contributed by atoms with Crippen molar-refractivity contribution in [1.82, 2.24) is 15.1 Å². The number of aliphatic imine (C=N–C) groups is 1. The first-order valence-corrected chi connectivity index (χ1v) is 10.9. The number of fused-ring (bicyclic) bond motifs is 1. The van der Waals surface area contributed by atoms with Gasteiger partial charge in [0.1, 0.15) is 6.54 Å². The first-order chi connectivity index (χ1) is 13.0. The Labute approximate surface area is 188 Å². The third-order valence-corrected chi connectivity index (χ3v) is 5.97. The lowest BCUT2D eigenvalue weighted by molar-refractivity contribution is -0.127. The van der Waals surface area contributed by atoms with E-state index >= 15 is 0 Å². The zero-order chi connectivity index (χ0) is 19.6. The second-order valence-electron chi connectivity index (χ2n) is 8.27. The largest absolute Gasteiger partial charge is 0.378 e. The second-order valence-corrected chi connectivity index (χ2v) is 8.27. The van der Waals surface area contributed by atoms with Crippen LogP contribution in [0.2, 0.25) is 0 Å². The maximum atomic E-state index is 12.0. The fraction of sp³-hybridized carbons (Fsp3) is 0.905. The molecule has 0 aromatic rings. The number of carbonyl (C=O) groups is 1. The van der Waals surface area contributed by atoms with Gasteiger partial charge in [-0.3, -0.25) is 4.79 Å². The molecule has 28 heavy (non-hydrogen) atoms. The Bertz CT molecular complexity index is 487. The van der Waals surface area contributed by atoms with Crippen molar-refractivity contribution < 1.29 is 9.53 Å². The third-order valence-electron chi connectivity index (χ3n) is 5.97. The van der Waals surface area contributed by atoms with Crippen LogP contribution < -0.4 is 5.32 Å². The normalized spacial score (nSPS) is 23.4. The van der Waals surface area contributed by atoms with E-state index in [0.717, 1.165) is 45.0 Å². The number of halogens is 1. The molecule has 6 nitrogen and oxygen atoms in total. The summed E-state index contributed by atoms with van der Waals surface area (Å²) < 4.78 is 5.95. The van der Waals surface area contributed by atoms with Crippen molar-refractivity contribution in [3.05, 3.63) is 0 Å². The number of amides is 1. The molecule has 3 unspecified atom stereocenters. The fourth-order valence-corrected chi connectivity index (χ4v) is 4.01. The molecule has 2 heterocycles. The molecule has 0 bridgehead atoms. The first kappa shape index (κ1) is 25.5. The van der Waals surface area contributed by atoms with Crippen molar-refractivity contribution in [2.24, 2.45) is 16.8 Å². The Morgan fingerprint density at radius 3 is 2.79 bits per heavy atom. The molecule has 2 aliphatic rings. The van der Waals surface area contributed by atoms with Crippen LogP contribution in [0.3, 0.4) is 0 Å². The number of guanidine groups is 1. The molecule has 2 saturated heterocycles.